The fourth-order valence-electron chi connectivity index (χ4n) is 0.571. The van der Waals surface area contributed by atoms with Crippen LogP contribution in [-0.4, -0.2) is 6.54 Å². The first-order chi connectivity index (χ1) is 3.41. The third-order valence-corrected chi connectivity index (χ3v) is 1.06. The minimum atomic E-state index is 0. The van der Waals surface area contributed by atoms with Crippen molar-refractivity contribution in [1.82, 2.24) is 0 Å². The van der Waals surface area contributed by atoms with Gasteiger partial charge < -0.3 is 5.73 Å². The molecule has 0 aromatic rings. The first-order valence-electron chi connectivity index (χ1n) is 3.12. The summed E-state index contributed by atoms with van der Waals surface area (Å²) < 4.78 is 0. The Morgan fingerprint density at radius 1 is 0.900 bits per heavy atom. The molecule has 0 aromatic carbocycles. The molecule has 0 amide bonds. The van der Waals surface area contributed by atoms with Crippen LogP contribution in [0.25, 0.3) is 0 Å². The maximum Gasteiger partial charge on any atom is -0.00773 e. The van der Waals surface area contributed by atoms with Gasteiger partial charge in [0.1, 0.15) is 0 Å². The van der Waals surface area contributed by atoms with Gasteiger partial charge in [-0.2, -0.15) is 0 Å². The van der Waals surface area contributed by atoms with Crippen molar-refractivity contribution in [3.8, 4) is 0 Å². The molecule has 0 rings (SSSR count). The Morgan fingerprint density at radius 3 is 1.70 bits per heavy atom. The van der Waals surface area contributed by atoms with Crippen LogP contribution in [0.2, 0.25) is 0 Å². The summed E-state index contributed by atoms with van der Waals surface area (Å²) in [5.41, 5.74) is 5.27. The van der Waals surface area contributed by atoms with Crippen molar-refractivity contribution in [1.29, 1.82) is 0 Å². The molecule has 0 aliphatic carbocycles. The number of rotatable bonds is 4. The zero-order chi connectivity index (χ0) is 5.54. The topological polar surface area (TPSA) is 26.0 Å². The van der Waals surface area contributed by atoms with Crippen LogP contribution in [0.1, 0.15) is 32.6 Å². The lowest BCUT2D eigenvalue weighted by Gasteiger charge is -1.90. The Bertz CT molecular complexity index is 32.2. The zero-order valence-electron chi connectivity index (χ0n) is 6.34. The van der Waals surface area contributed by atoms with E-state index in [-0.39, 0.29) is 37.2 Å². The monoisotopic (exact) mass is 209 g/mol. The largest absolute Gasteiger partial charge is 0.330 e. The zero-order valence-corrected chi connectivity index (χ0v) is 8.79. The Hall–Kier alpha value is 0.830. The Morgan fingerprint density at radius 2 is 1.40 bits per heavy atom. The second-order valence-corrected chi connectivity index (χ2v) is 1.85. The summed E-state index contributed by atoms with van der Waals surface area (Å²) in [6.07, 6.45) is 5.16. The Labute approximate surface area is 82.4 Å². The summed E-state index contributed by atoms with van der Waals surface area (Å²) in [5.74, 6) is 0. The van der Waals surface area contributed by atoms with Crippen molar-refractivity contribution < 1.29 is 0 Å². The van der Waals surface area contributed by atoms with Gasteiger partial charge >= 0.3 is 0 Å². The van der Waals surface area contributed by atoms with Gasteiger partial charge in [0.2, 0.25) is 0 Å². The highest BCUT2D eigenvalue weighted by Gasteiger charge is 1.80. The molecule has 0 atom stereocenters. The number of unbranched alkanes of at least 4 members (excludes halogenated alkanes) is 3. The number of halogens is 3. The van der Waals surface area contributed by atoms with E-state index in [2.05, 4.69) is 6.92 Å². The Balaban J connectivity index is -0.0000000600. The first-order valence-corrected chi connectivity index (χ1v) is 3.12. The van der Waals surface area contributed by atoms with Crippen molar-refractivity contribution >= 4 is 37.2 Å². The molecule has 0 aromatic heterocycles. The highest BCUT2D eigenvalue weighted by Crippen LogP contribution is 1.95. The van der Waals surface area contributed by atoms with Crippen LogP contribution < -0.4 is 5.73 Å². The van der Waals surface area contributed by atoms with E-state index in [0.717, 1.165) is 6.54 Å². The van der Waals surface area contributed by atoms with Gasteiger partial charge in [-0.3, -0.25) is 0 Å². The summed E-state index contributed by atoms with van der Waals surface area (Å²) >= 11 is 0. The summed E-state index contributed by atoms with van der Waals surface area (Å²) in [6.45, 7) is 3.07. The SMILES string of the molecule is CCCCCCN.Cl.Cl.Cl. The molecule has 0 fully saturated rings. The standard InChI is InChI=1S/C6H15N.3ClH/c1-2-3-4-5-6-7;;;/h2-7H2,1H3;3*1H. The summed E-state index contributed by atoms with van der Waals surface area (Å²) in [7, 11) is 0. The summed E-state index contributed by atoms with van der Waals surface area (Å²) in [5, 5.41) is 0. The fraction of sp³-hybridized carbons (Fsp3) is 1.00. The second kappa shape index (κ2) is 22.5. The van der Waals surface area contributed by atoms with Crippen LogP contribution in [0.3, 0.4) is 0 Å². The van der Waals surface area contributed by atoms with Gasteiger partial charge in [0.25, 0.3) is 0 Å². The molecule has 0 saturated heterocycles. The van der Waals surface area contributed by atoms with Gasteiger partial charge in [-0.25, -0.2) is 0 Å². The van der Waals surface area contributed by atoms with Crippen LogP contribution in [-0.2, 0) is 0 Å². The van der Waals surface area contributed by atoms with E-state index in [9.17, 15) is 0 Å². The van der Waals surface area contributed by atoms with E-state index in [4.69, 9.17) is 5.73 Å². The van der Waals surface area contributed by atoms with Gasteiger partial charge in [0.15, 0.2) is 0 Å². The first kappa shape index (κ1) is 22.4. The summed E-state index contributed by atoms with van der Waals surface area (Å²) in [4.78, 5) is 0. The van der Waals surface area contributed by atoms with Crippen molar-refractivity contribution in [2.75, 3.05) is 6.54 Å². The second-order valence-electron chi connectivity index (χ2n) is 1.85. The number of nitrogens with two attached hydrogens (primary N) is 1. The van der Waals surface area contributed by atoms with Crippen LogP contribution >= 0.6 is 37.2 Å². The molecule has 68 valence electrons. The van der Waals surface area contributed by atoms with Crippen LogP contribution in [0, 0.1) is 0 Å². The normalized spacial score (nSPS) is 6.60. The van der Waals surface area contributed by atoms with Crippen LogP contribution in [0.15, 0.2) is 0 Å². The molecular formula is C6H18Cl3N. The molecule has 0 bridgehead atoms. The highest BCUT2D eigenvalue weighted by molar-refractivity contribution is 5.86. The van der Waals surface area contributed by atoms with Gasteiger partial charge in [0.05, 0.1) is 0 Å². The lowest BCUT2D eigenvalue weighted by Crippen LogP contribution is -1.97. The maximum absolute atomic E-state index is 5.27. The summed E-state index contributed by atoms with van der Waals surface area (Å²) in [6, 6.07) is 0. The predicted molar refractivity (Wildman–Crippen MR) is 54.9 cm³/mol. The lowest BCUT2D eigenvalue weighted by molar-refractivity contribution is 0.674. The minimum Gasteiger partial charge on any atom is -0.330 e. The van der Waals surface area contributed by atoms with E-state index in [1.54, 1.807) is 0 Å². The van der Waals surface area contributed by atoms with Gasteiger partial charge in [-0.05, 0) is 13.0 Å². The van der Waals surface area contributed by atoms with Crippen molar-refractivity contribution in [3.63, 3.8) is 0 Å². The lowest BCUT2D eigenvalue weighted by atomic mass is 10.2. The van der Waals surface area contributed by atoms with Gasteiger partial charge in [-0.15, -0.1) is 37.2 Å². The third-order valence-electron chi connectivity index (χ3n) is 1.06. The molecule has 10 heavy (non-hydrogen) atoms. The Kier molecular flexibility index (Phi) is 50.6. The van der Waals surface area contributed by atoms with E-state index in [0.29, 0.717) is 0 Å². The van der Waals surface area contributed by atoms with Crippen LogP contribution in [0.4, 0.5) is 0 Å². The van der Waals surface area contributed by atoms with E-state index >= 15 is 0 Å². The van der Waals surface area contributed by atoms with Gasteiger partial charge in [-0.1, -0.05) is 26.2 Å². The van der Waals surface area contributed by atoms with E-state index in [1.807, 2.05) is 0 Å². The molecule has 0 aliphatic heterocycles. The molecule has 0 radical (unpaired) electrons. The average molecular weight is 211 g/mol. The smallest absolute Gasteiger partial charge is 0.00773 e. The molecule has 0 aliphatic rings. The van der Waals surface area contributed by atoms with Crippen molar-refractivity contribution in [2.45, 2.75) is 32.6 Å². The minimum absolute atomic E-state index is 0. The molecular weight excluding hydrogens is 192 g/mol. The van der Waals surface area contributed by atoms with E-state index in [1.165, 1.54) is 25.7 Å². The molecule has 0 unspecified atom stereocenters. The number of hydrogen-bond acceptors (Lipinski definition) is 1. The molecule has 0 heterocycles. The highest BCUT2D eigenvalue weighted by atomic mass is 35.5. The maximum atomic E-state index is 5.27. The fourth-order valence-corrected chi connectivity index (χ4v) is 0.571. The average Bonchev–Trinajstić information content (AvgIpc) is 1.69. The van der Waals surface area contributed by atoms with Gasteiger partial charge in [0, 0.05) is 0 Å². The molecule has 4 heteroatoms. The van der Waals surface area contributed by atoms with Crippen LogP contribution in [0.5, 0.6) is 0 Å². The number of hydrogen-bond donors (Lipinski definition) is 1. The molecule has 1 nitrogen and oxygen atoms in total. The van der Waals surface area contributed by atoms with E-state index < -0.39 is 0 Å². The quantitative estimate of drug-likeness (QED) is 0.710. The third kappa shape index (κ3) is 23.2. The van der Waals surface area contributed by atoms with Crippen molar-refractivity contribution in [2.24, 2.45) is 5.73 Å². The van der Waals surface area contributed by atoms with Crippen molar-refractivity contribution in [3.05, 3.63) is 0 Å². The molecule has 0 saturated carbocycles. The predicted octanol–water partition coefficient (Wildman–Crippen LogP) is 2.79. The molecule has 0 spiro atoms. The molecule has 2 N–H and O–H groups in total.